The quantitative estimate of drug-likeness (QED) is 0.692. The molecule has 0 spiro atoms. The van der Waals surface area contributed by atoms with E-state index in [1.54, 1.807) is 6.92 Å². The van der Waals surface area contributed by atoms with E-state index in [9.17, 15) is 9.59 Å². The molecule has 2 aromatic rings. The zero-order valence-electron chi connectivity index (χ0n) is 16.9. The minimum atomic E-state index is -0.362. The third-order valence-corrected chi connectivity index (χ3v) is 6.16. The maximum absolute atomic E-state index is 12.6. The number of fused-ring (bicyclic) bond motifs is 1. The molecule has 0 fully saturated rings. The number of carbonyl (C=O) groups excluding carboxylic acids is 2. The van der Waals surface area contributed by atoms with Crippen LogP contribution in [-0.2, 0) is 16.0 Å². The third kappa shape index (κ3) is 4.38. The first-order valence-corrected chi connectivity index (χ1v) is 10.5. The van der Waals surface area contributed by atoms with Crippen LogP contribution in [0.1, 0.15) is 64.5 Å². The van der Waals surface area contributed by atoms with E-state index >= 15 is 0 Å². The summed E-state index contributed by atoms with van der Waals surface area (Å²) in [7, 11) is 0. The van der Waals surface area contributed by atoms with Gasteiger partial charge in [-0.2, -0.15) is 0 Å². The summed E-state index contributed by atoms with van der Waals surface area (Å²) >= 11 is 1.49. The van der Waals surface area contributed by atoms with Crippen LogP contribution in [0.5, 0.6) is 5.75 Å². The molecule has 28 heavy (non-hydrogen) atoms. The van der Waals surface area contributed by atoms with Crippen LogP contribution in [0.15, 0.2) is 18.2 Å². The predicted molar refractivity (Wildman–Crippen MR) is 112 cm³/mol. The Morgan fingerprint density at radius 2 is 2.07 bits per heavy atom. The number of ether oxygens (including phenoxy) is 2. The molecular formula is C22H27NO4S. The van der Waals surface area contributed by atoms with Gasteiger partial charge < -0.3 is 14.8 Å². The Balaban J connectivity index is 1.77. The van der Waals surface area contributed by atoms with Crippen molar-refractivity contribution in [2.24, 2.45) is 0 Å². The summed E-state index contributed by atoms with van der Waals surface area (Å²) in [4.78, 5) is 26.3. The lowest BCUT2D eigenvalue weighted by atomic mass is 9.86. The van der Waals surface area contributed by atoms with Gasteiger partial charge in [0.05, 0.1) is 12.2 Å². The zero-order valence-corrected chi connectivity index (χ0v) is 17.7. The molecule has 1 aromatic carbocycles. The van der Waals surface area contributed by atoms with Crippen LogP contribution in [0.3, 0.4) is 0 Å². The van der Waals surface area contributed by atoms with Gasteiger partial charge in [0, 0.05) is 4.88 Å². The van der Waals surface area contributed by atoms with E-state index in [1.165, 1.54) is 16.2 Å². The van der Waals surface area contributed by atoms with E-state index < -0.39 is 0 Å². The maximum atomic E-state index is 12.6. The highest BCUT2D eigenvalue weighted by molar-refractivity contribution is 7.17. The van der Waals surface area contributed by atoms with Gasteiger partial charge in [-0.05, 0) is 63.1 Å². The maximum Gasteiger partial charge on any atom is 0.341 e. The summed E-state index contributed by atoms with van der Waals surface area (Å²) in [6, 6.07) is 5.84. The molecule has 0 bridgehead atoms. The van der Waals surface area contributed by atoms with Crippen molar-refractivity contribution in [2.45, 2.75) is 52.9 Å². The number of anilines is 1. The Kier molecular flexibility index (Phi) is 6.39. The van der Waals surface area contributed by atoms with Crippen molar-refractivity contribution < 1.29 is 19.1 Å². The summed E-state index contributed by atoms with van der Waals surface area (Å²) in [5.41, 5.74) is 3.70. The Bertz CT molecular complexity index is 887. The number of nitrogens with one attached hydrogen (secondary N) is 1. The van der Waals surface area contributed by atoms with Crippen molar-refractivity contribution in [3.05, 3.63) is 45.3 Å². The van der Waals surface area contributed by atoms with Crippen LogP contribution in [0.2, 0.25) is 0 Å². The van der Waals surface area contributed by atoms with Gasteiger partial charge in [-0.15, -0.1) is 11.3 Å². The summed E-state index contributed by atoms with van der Waals surface area (Å²) in [5.74, 6) is 0.332. The fraction of sp³-hybridized carbons (Fsp3) is 0.455. The SMILES string of the molecule is CCOC(=O)c1c(NC(=O)COc2ccc(C)cc2C)sc2c1C(C)CCC2. The summed E-state index contributed by atoms with van der Waals surface area (Å²) < 4.78 is 10.9. The lowest BCUT2D eigenvalue weighted by molar-refractivity contribution is -0.118. The van der Waals surface area contributed by atoms with E-state index in [4.69, 9.17) is 9.47 Å². The Labute approximate surface area is 170 Å². The fourth-order valence-corrected chi connectivity index (χ4v) is 5.04. The number of hydrogen-bond donors (Lipinski definition) is 1. The van der Waals surface area contributed by atoms with Crippen LogP contribution in [0, 0.1) is 13.8 Å². The molecule has 1 aliphatic rings. The fourth-order valence-electron chi connectivity index (χ4n) is 3.67. The molecule has 1 unspecified atom stereocenters. The summed E-state index contributed by atoms with van der Waals surface area (Å²) in [6.07, 6.45) is 3.07. The first kappa shape index (κ1) is 20.4. The van der Waals surface area contributed by atoms with Gasteiger partial charge in [-0.3, -0.25) is 4.79 Å². The number of benzene rings is 1. The van der Waals surface area contributed by atoms with Crippen molar-refractivity contribution in [1.29, 1.82) is 0 Å². The largest absolute Gasteiger partial charge is 0.483 e. The number of carbonyl (C=O) groups is 2. The van der Waals surface area contributed by atoms with E-state index in [1.807, 2.05) is 32.0 Å². The van der Waals surface area contributed by atoms with Gasteiger partial charge in [0.2, 0.25) is 0 Å². The van der Waals surface area contributed by atoms with Gasteiger partial charge in [-0.25, -0.2) is 4.79 Å². The number of rotatable bonds is 6. The number of aryl methyl sites for hydroxylation is 3. The Morgan fingerprint density at radius 1 is 1.29 bits per heavy atom. The van der Waals surface area contributed by atoms with Gasteiger partial charge in [0.15, 0.2) is 6.61 Å². The smallest absolute Gasteiger partial charge is 0.341 e. The van der Waals surface area contributed by atoms with Crippen LogP contribution < -0.4 is 10.1 Å². The van der Waals surface area contributed by atoms with Gasteiger partial charge >= 0.3 is 5.97 Å². The van der Waals surface area contributed by atoms with Gasteiger partial charge in [0.25, 0.3) is 5.91 Å². The van der Waals surface area contributed by atoms with Crippen LogP contribution >= 0.6 is 11.3 Å². The summed E-state index contributed by atoms with van der Waals surface area (Å²) in [6.45, 7) is 8.08. The van der Waals surface area contributed by atoms with Crippen LogP contribution in [0.4, 0.5) is 5.00 Å². The monoisotopic (exact) mass is 401 g/mol. The molecule has 0 radical (unpaired) electrons. The normalized spacial score (nSPS) is 15.6. The molecule has 0 aliphatic heterocycles. The minimum Gasteiger partial charge on any atom is -0.483 e. The molecule has 1 aliphatic carbocycles. The van der Waals surface area contributed by atoms with Gasteiger partial charge in [0.1, 0.15) is 10.8 Å². The lowest BCUT2D eigenvalue weighted by Gasteiger charge is -2.19. The molecule has 1 N–H and O–H groups in total. The third-order valence-electron chi connectivity index (χ3n) is 4.98. The molecule has 1 amide bonds. The van der Waals surface area contributed by atoms with Gasteiger partial charge in [-0.1, -0.05) is 24.6 Å². The number of hydrogen-bond acceptors (Lipinski definition) is 5. The summed E-state index contributed by atoms with van der Waals surface area (Å²) in [5, 5.41) is 3.46. The van der Waals surface area contributed by atoms with Crippen molar-refractivity contribution in [3.8, 4) is 5.75 Å². The van der Waals surface area contributed by atoms with Crippen LogP contribution in [-0.4, -0.2) is 25.1 Å². The highest BCUT2D eigenvalue weighted by Crippen LogP contribution is 2.43. The molecule has 150 valence electrons. The topological polar surface area (TPSA) is 64.6 Å². The number of amides is 1. The number of esters is 1. The first-order chi connectivity index (χ1) is 13.4. The molecule has 3 rings (SSSR count). The molecule has 0 saturated heterocycles. The van der Waals surface area contributed by atoms with Crippen molar-refractivity contribution in [2.75, 3.05) is 18.5 Å². The molecule has 1 atom stereocenters. The second-order valence-electron chi connectivity index (χ2n) is 7.26. The van der Waals surface area contributed by atoms with Crippen molar-refractivity contribution in [1.82, 2.24) is 0 Å². The molecule has 1 heterocycles. The minimum absolute atomic E-state index is 0.107. The molecule has 0 saturated carbocycles. The van der Waals surface area contributed by atoms with E-state index in [-0.39, 0.29) is 24.4 Å². The second-order valence-corrected chi connectivity index (χ2v) is 8.37. The Hall–Kier alpha value is -2.34. The van der Waals surface area contributed by atoms with Crippen LogP contribution in [0.25, 0.3) is 0 Å². The Morgan fingerprint density at radius 3 is 2.79 bits per heavy atom. The molecular weight excluding hydrogens is 374 g/mol. The van der Waals surface area contributed by atoms with Crippen molar-refractivity contribution >= 4 is 28.2 Å². The highest BCUT2D eigenvalue weighted by atomic mass is 32.1. The van der Waals surface area contributed by atoms with Crippen molar-refractivity contribution in [3.63, 3.8) is 0 Å². The number of thiophene rings is 1. The van der Waals surface area contributed by atoms with E-state index in [2.05, 4.69) is 12.2 Å². The zero-order chi connectivity index (χ0) is 20.3. The molecule has 5 nitrogen and oxygen atoms in total. The standard InChI is InChI=1S/C22H27NO4S/c1-5-26-22(25)20-19-14(3)7-6-8-17(19)28-21(20)23-18(24)12-27-16-10-9-13(2)11-15(16)4/h9-11,14H,5-8,12H2,1-4H3,(H,23,24). The molecule has 1 aromatic heterocycles. The second kappa shape index (κ2) is 8.78. The van der Waals surface area contributed by atoms with E-state index in [0.29, 0.717) is 22.9 Å². The lowest BCUT2D eigenvalue weighted by Crippen LogP contribution is -2.21. The molecule has 6 heteroatoms. The first-order valence-electron chi connectivity index (χ1n) is 9.73. The predicted octanol–water partition coefficient (Wildman–Crippen LogP) is 5.00. The average molecular weight is 402 g/mol. The van der Waals surface area contributed by atoms with E-state index in [0.717, 1.165) is 36.0 Å². The highest BCUT2D eigenvalue weighted by Gasteiger charge is 2.30. The average Bonchev–Trinajstić information content (AvgIpc) is 3.00.